The van der Waals surface area contributed by atoms with E-state index in [2.05, 4.69) is 265 Å². The quantitative estimate of drug-likeness (QED) is 0.158. The van der Waals surface area contributed by atoms with Gasteiger partial charge in [-0.1, -0.05) is 194 Å². The molecular formula is C61H42N2. The summed E-state index contributed by atoms with van der Waals surface area (Å²) in [4.78, 5) is 4.83. The summed E-state index contributed by atoms with van der Waals surface area (Å²) in [7, 11) is 0. The third kappa shape index (κ3) is 5.87. The van der Waals surface area contributed by atoms with Gasteiger partial charge in [-0.25, -0.2) is 0 Å². The molecule has 0 atom stereocenters. The molecule has 0 radical (unpaired) electrons. The summed E-state index contributed by atoms with van der Waals surface area (Å²) < 4.78 is 0. The number of rotatable bonds is 7. The van der Waals surface area contributed by atoms with E-state index in [1.165, 1.54) is 78.1 Å². The van der Waals surface area contributed by atoms with E-state index < -0.39 is 5.41 Å². The monoisotopic (exact) mass is 802 g/mol. The van der Waals surface area contributed by atoms with Crippen molar-refractivity contribution < 1.29 is 0 Å². The van der Waals surface area contributed by atoms with Crippen LogP contribution in [0.5, 0.6) is 0 Å². The van der Waals surface area contributed by atoms with Crippen LogP contribution in [0.2, 0.25) is 0 Å². The van der Waals surface area contributed by atoms with Crippen molar-refractivity contribution in [2.45, 2.75) is 5.41 Å². The van der Waals surface area contributed by atoms with Gasteiger partial charge in [0.1, 0.15) is 0 Å². The number of fused-ring (bicyclic) bond motifs is 9. The summed E-state index contributed by atoms with van der Waals surface area (Å²) in [5, 5.41) is 0. The zero-order valence-corrected chi connectivity index (χ0v) is 34.6. The van der Waals surface area contributed by atoms with Gasteiger partial charge in [0, 0.05) is 22.6 Å². The lowest BCUT2D eigenvalue weighted by atomic mass is 9.64. The Bertz CT molecular complexity index is 3220. The Balaban J connectivity index is 1.00. The normalized spacial score (nSPS) is 12.9. The van der Waals surface area contributed by atoms with Crippen molar-refractivity contribution in [3.63, 3.8) is 0 Å². The van der Waals surface area contributed by atoms with Crippen LogP contribution >= 0.6 is 0 Å². The fraction of sp³-hybridized carbons (Fsp3) is 0.0164. The van der Waals surface area contributed by atoms with Crippen molar-refractivity contribution in [2.24, 2.45) is 0 Å². The lowest BCUT2D eigenvalue weighted by Crippen LogP contribution is -2.36. The highest BCUT2D eigenvalue weighted by atomic mass is 15.2. The van der Waals surface area contributed by atoms with Crippen molar-refractivity contribution in [1.82, 2.24) is 0 Å². The summed E-state index contributed by atoms with van der Waals surface area (Å²) >= 11 is 0. The summed E-state index contributed by atoms with van der Waals surface area (Å²) in [6.45, 7) is 0. The minimum Gasteiger partial charge on any atom is -0.310 e. The Hall–Kier alpha value is -8.20. The number of para-hydroxylation sites is 4. The Morgan fingerprint density at radius 3 is 1.33 bits per heavy atom. The van der Waals surface area contributed by atoms with Gasteiger partial charge in [-0.2, -0.15) is 0 Å². The van der Waals surface area contributed by atoms with Crippen LogP contribution in [-0.4, -0.2) is 0 Å². The second kappa shape index (κ2) is 15.1. The first-order valence-electron chi connectivity index (χ1n) is 21.8. The van der Waals surface area contributed by atoms with Gasteiger partial charge in [0.25, 0.3) is 0 Å². The van der Waals surface area contributed by atoms with Crippen LogP contribution in [-0.2, 0) is 5.41 Å². The lowest BCUT2D eigenvalue weighted by Gasteiger charge is -2.45. The Kier molecular flexibility index (Phi) is 8.76. The van der Waals surface area contributed by atoms with E-state index in [0.717, 1.165) is 22.7 Å². The van der Waals surface area contributed by atoms with Crippen molar-refractivity contribution in [3.8, 4) is 44.5 Å². The Morgan fingerprint density at radius 1 is 0.286 bits per heavy atom. The maximum absolute atomic E-state index is 2.47. The molecule has 0 amide bonds. The first kappa shape index (κ1) is 36.6. The molecule has 1 aliphatic carbocycles. The molecule has 2 nitrogen and oxygen atoms in total. The summed E-state index contributed by atoms with van der Waals surface area (Å²) in [5.74, 6) is 0. The number of hydrogen-bond acceptors (Lipinski definition) is 2. The third-order valence-electron chi connectivity index (χ3n) is 13.1. The van der Waals surface area contributed by atoms with Crippen LogP contribution in [0.3, 0.4) is 0 Å². The predicted octanol–water partition coefficient (Wildman–Crippen LogP) is 16.3. The molecule has 1 aliphatic heterocycles. The second-order valence-electron chi connectivity index (χ2n) is 16.4. The van der Waals surface area contributed by atoms with Crippen LogP contribution in [0, 0.1) is 0 Å². The molecule has 2 aliphatic rings. The fourth-order valence-electron chi connectivity index (χ4n) is 10.3. The average molecular weight is 803 g/mol. The van der Waals surface area contributed by atoms with Crippen LogP contribution in [0.1, 0.15) is 22.3 Å². The van der Waals surface area contributed by atoms with Crippen molar-refractivity contribution >= 4 is 34.1 Å². The van der Waals surface area contributed by atoms with Crippen LogP contribution in [0.25, 0.3) is 44.5 Å². The highest BCUT2D eigenvalue weighted by molar-refractivity contribution is 5.97. The second-order valence-corrected chi connectivity index (χ2v) is 16.4. The highest BCUT2D eigenvalue weighted by Crippen LogP contribution is 2.63. The zero-order chi connectivity index (χ0) is 41.7. The molecule has 0 saturated heterocycles. The third-order valence-corrected chi connectivity index (χ3v) is 13.1. The Morgan fingerprint density at radius 2 is 0.714 bits per heavy atom. The SMILES string of the molecule is c1ccc(-c2ccc(N(c3ccc(-c4ccc5c(c4)C4(c6ccccc6-5)c5ccccc5N(c5ccccc5)c5ccccc54)cc3)c3ccccc3-c3ccccc3)cc2)cc1. The maximum atomic E-state index is 2.47. The summed E-state index contributed by atoms with van der Waals surface area (Å²) in [5.41, 5.74) is 21.3. The largest absolute Gasteiger partial charge is 0.310 e. The van der Waals surface area contributed by atoms with Crippen LogP contribution in [0.4, 0.5) is 34.1 Å². The molecule has 10 aromatic carbocycles. The minimum absolute atomic E-state index is 0.510. The molecule has 12 rings (SSSR count). The number of hydrogen-bond donors (Lipinski definition) is 0. The molecule has 0 saturated carbocycles. The highest BCUT2D eigenvalue weighted by Gasteiger charge is 2.51. The van der Waals surface area contributed by atoms with E-state index in [1.54, 1.807) is 0 Å². The molecule has 1 spiro atoms. The smallest absolute Gasteiger partial charge is 0.0754 e. The van der Waals surface area contributed by atoms with Gasteiger partial charge < -0.3 is 9.80 Å². The standard InChI is InChI=1S/C61H42N2/c1-4-18-43(19-5-1)44-32-37-49(38-33-44)62(58-29-15-11-24-51(58)46-20-6-2-7-21-46)50-39-34-45(35-40-50)47-36-41-53-52-25-10-12-26-54(52)61(57(53)42-47)55-27-13-16-30-59(55)63(48-22-8-3-9-23-48)60-31-17-14-28-56(60)61/h1-42H. The van der Waals surface area contributed by atoms with Gasteiger partial charge in [-0.05, 0) is 122 Å². The van der Waals surface area contributed by atoms with Gasteiger partial charge in [0.2, 0.25) is 0 Å². The number of nitrogens with zero attached hydrogens (tertiary/aromatic N) is 2. The van der Waals surface area contributed by atoms with E-state index in [-0.39, 0.29) is 0 Å². The topological polar surface area (TPSA) is 6.48 Å². The molecule has 0 N–H and O–H groups in total. The molecule has 1 heterocycles. The first-order valence-corrected chi connectivity index (χ1v) is 21.8. The first-order chi connectivity index (χ1) is 31.3. The molecule has 10 aromatic rings. The summed E-state index contributed by atoms with van der Waals surface area (Å²) in [6.07, 6.45) is 0. The van der Waals surface area contributed by atoms with Crippen molar-refractivity contribution in [2.75, 3.05) is 9.80 Å². The fourth-order valence-corrected chi connectivity index (χ4v) is 10.3. The van der Waals surface area contributed by atoms with Gasteiger partial charge in [-0.3, -0.25) is 0 Å². The van der Waals surface area contributed by atoms with Gasteiger partial charge in [0.15, 0.2) is 0 Å². The molecule has 63 heavy (non-hydrogen) atoms. The van der Waals surface area contributed by atoms with E-state index in [1.807, 2.05) is 0 Å². The van der Waals surface area contributed by atoms with Crippen molar-refractivity contribution in [3.05, 3.63) is 277 Å². The number of anilines is 6. The lowest BCUT2D eigenvalue weighted by molar-refractivity contribution is 0.753. The van der Waals surface area contributed by atoms with E-state index in [0.29, 0.717) is 0 Å². The minimum atomic E-state index is -0.510. The molecular weight excluding hydrogens is 761 g/mol. The van der Waals surface area contributed by atoms with Crippen LogP contribution in [0.15, 0.2) is 255 Å². The van der Waals surface area contributed by atoms with Crippen molar-refractivity contribution in [1.29, 1.82) is 0 Å². The zero-order valence-electron chi connectivity index (χ0n) is 34.6. The predicted molar refractivity (Wildman–Crippen MR) is 263 cm³/mol. The molecule has 296 valence electrons. The molecule has 0 unspecified atom stereocenters. The van der Waals surface area contributed by atoms with E-state index in [4.69, 9.17) is 0 Å². The summed E-state index contributed by atoms with van der Waals surface area (Å²) in [6, 6.07) is 93.1. The van der Waals surface area contributed by atoms with Gasteiger partial charge in [0.05, 0.1) is 22.5 Å². The van der Waals surface area contributed by atoms with E-state index in [9.17, 15) is 0 Å². The molecule has 0 aromatic heterocycles. The van der Waals surface area contributed by atoms with Gasteiger partial charge in [-0.15, -0.1) is 0 Å². The molecule has 0 fully saturated rings. The maximum Gasteiger partial charge on any atom is 0.0754 e. The number of benzene rings is 10. The average Bonchev–Trinajstić information content (AvgIpc) is 3.65. The van der Waals surface area contributed by atoms with Crippen LogP contribution < -0.4 is 9.80 Å². The Labute approximate surface area is 369 Å². The van der Waals surface area contributed by atoms with E-state index >= 15 is 0 Å². The van der Waals surface area contributed by atoms with Gasteiger partial charge >= 0.3 is 0 Å². The molecule has 2 heteroatoms. The molecule has 0 bridgehead atoms.